The third kappa shape index (κ3) is 4.73. The molecule has 1 heteroatoms. The van der Waals surface area contributed by atoms with Gasteiger partial charge in [0.1, 0.15) is 0 Å². The first-order valence-electron chi connectivity index (χ1n) is 23.3. The minimum absolute atomic E-state index is 0.110. The summed E-state index contributed by atoms with van der Waals surface area (Å²) in [6.45, 7) is 14.2. The van der Waals surface area contributed by atoms with Gasteiger partial charge in [-0.15, -0.1) is 0 Å². The van der Waals surface area contributed by atoms with Crippen molar-refractivity contribution in [3.05, 3.63) is 209 Å². The van der Waals surface area contributed by atoms with Gasteiger partial charge in [-0.05, 0) is 165 Å². The largest absolute Gasteiger partial charge is 0.313 e. The van der Waals surface area contributed by atoms with Gasteiger partial charge in [0, 0.05) is 27.3 Å². The van der Waals surface area contributed by atoms with E-state index in [1.807, 2.05) is 0 Å². The molecular weight excluding hydrogens is 783 g/mol. The predicted octanol–water partition coefficient (Wildman–Crippen LogP) is 17.4. The third-order valence-electron chi connectivity index (χ3n) is 16.2. The number of hydrogen-bond donors (Lipinski definition) is 0. The van der Waals surface area contributed by atoms with Crippen LogP contribution in [0.4, 0.5) is 0 Å². The molecule has 1 heterocycles. The molecule has 65 heavy (non-hydrogen) atoms. The van der Waals surface area contributed by atoms with Gasteiger partial charge in [0.25, 0.3) is 0 Å². The Morgan fingerprint density at radius 2 is 0.846 bits per heavy atom. The summed E-state index contributed by atoms with van der Waals surface area (Å²) in [6.07, 6.45) is 0. The Hall–Kier alpha value is -7.48. The van der Waals surface area contributed by atoms with E-state index in [0.717, 1.165) is 0 Å². The number of fused-ring (bicyclic) bond motifs is 9. The van der Waals surface area contributed by atoms with E-state index in [1.54, 1.807) is 0 Å². The standard InChI is InChI=1S/C64H47N/c1-36-37(2)65(57-31-27-40-23-22-38-14-13-15-39-24-30-49(57)62(40)59(38)39)58-35-52-51(34-50(36)58)60(41-25-28-45-43-16-9-11-20-53(43)63(3,4)55(45)32-41)47-18-7-8-19-48(47)61(52)42-26-29-46-44-17-10-12-21-54(44)64(5,6)56(46)33-42/h7-35H,1-6H3. The van der Waals surface area contributed by atoms with Crippen LogP contribution in [0.2, 0.25) is 0 Å². The van der Waals surface area contributed by atoms with Crippen LogP contribution in [0.15, 0.2) is 176 Å². The lowest BCUT2D eigenvalue weighted by atomic mass is 9.79. The van der Waals surface area contributed by atoms with E-state index in [0.29, 0.717) is 0 Å². The molecular formula is C64H47N. The average Bonchev–Trinajstić information content (AvgIpc) is 3.82. The molecule has 0 saturated carbocycles. The summed E-state index contributed by atoms with van der Waals surface area (Å²) in [7, 11) is 0. The highest BCUT2D eigenvalue weighted by Crippen LogP contribution is 2.54. The molecule has 14 rings (SSSR count). The minimum Gasteiger partial charge on any atom is -0.313 e. The minimum atomic E-state index is -0.118. The zero-order valence-electron chi connectivity index (χ0n) is 37.7. The second-order valence-electron chi connectivity index (χ2n) is 20.1. The van der Waals surface area contributed by atoms with E-state index in [2.05, 4.69) is 222 Å². The molecule has 0 spiro atoms. The van der Waals surface area contributed by atoms with Gasteiger partial charge in [-0.3, -0.25) is 0 Å². The van der Waals surface area contributed by atoms with Crippen LogP contribution in [0.5, 0.6) is 0 Å². The maximum Gasteiger partial charge on any atom is 0.0540 e. The topological polar surface area (TPSA) is 4.93 Å². The van der Waals surface area contributed by atoms with Crippen molar-refractivity contribution in [2.75, 3.05) is 0 Å². The number of benzene rings is 11. The van der Waals surface area contributed by atoms with Crippen LogP contribution in [0, 0.1) is 13.8 Å². The van der Waals surface area contributed by atoms with Crippen LogP contribution in [0.25, 0.3) is 115 Å². The fourth-order valence-corrected chi connectivity index (χ4v) is 12.8. The van der Waals surface area contributed by atoms with Crippen molar-refractivity contribution in [2.45, 2.75) is 52.4 Å². The van der Waals surface area contributed by atoms with Crippen LogP contribution in [0.3, 0.4) is 0 Å². The van der Waals surface area contributed by atoms with Crippen LogP contribution < -0.4 is 0 Å². The first kappa shape index (κ1) is 36.9. The Balaban J connectivity index is 1.11. The van der Waals surface area contributed by atoms with E-state index < -0.39 is 0 Å². The molecule has 2 aliphatic carbocycles. The highest BCUT2D eigenvalue weighted by atomic mass is 15.0. The van der Waals surface area contributed by atoms with Crippen molar-refractivity contribution in [1.29, 1.82) is 0 Å². The molecule has 0 aliphatic heterocycles. The fourth-order valence-electron chi connectivity index (χ4n) is 12.8. The molecule has 0 saturated heterocycles. The van der Waals surface area contributed by atoms with Gasteiger partial charge in [-0.2, -0.15) is 0 Å². The van der Waals surface area contributed by atoms with E-state index in [-0.39, 0.29) is 10.8 Å². The van der Waals surface area contributed by atoms with Gasteiger partial charge in [0.2, 0.25) is 0 Å². The molecule has 2 aliphatic rings. The van der Waals surface area contributed by atoms with Gasteiger partial charge in [-0.25, -0.2) is 0 Å². The molecule has 308 valence electrons. The maximum absolute atomic E-state index is 2.56. The number of nitrogens with zero attached hydrogens (tertiary/aromatic N) is 1. The second kappa shape index (κ2) is 12.6. The monoisotopic (exact) mass is 829 g/mol. The normalized spacial score (nSPS) is 14.6. The molecule has 1 nitrogen and oxygen atoms in total. The summed E-state index contributed by atoms with van der Waals surface area (Å²) >= 11 is 0. The SMILES string of the molecule is Cc1c(C)n(-c2ccc3ccc4cccc5ccc2c3c45)c2cc3c(-c4ccc5c(c4)C(C)(C)c4ccccc4-5)c4ccccc4c(-c4ccc5c(c4)C(C)(C)c4ccccc4-5)c3cc12. The molecule has 0 radical (unpaired) electrons. The number of aromatic nitrogens is 1. The van der Waals surface area contributed by atoms with Crippen molar-refractivity contribution in [3.8, 4) is 50.2 Å². The van der Waals surface area contributed by atoms with Crippen molar-refractivity contribution in [2.24, 2.45) is 0 Å². The highest BCUT2D eigenvalue weighted by molar-refractivity contribution is 6.26. The summed E-state index contributed by atoms with van der Waals surface area (Å²) in [5.74, 6) is 0. The van der Waals surface area contributed by atoms with E-state index >= 15 is 0 Å². The van der Waals surface area contributed by atoms with Crippen molar-refractivity contribution in [1.82, 2.24) is 4.57 Å². The maximum atomic E-state index is 2.56. The lowest BCUT2D eigenvalue weighted by molar-refractivity contribution is 0.660. The Labute approximate surface area is 379 Å². The van der Waals surface area contributed by atoms with Gasteiger partial charge in [-0.1, -0.05) is 173 Å². The van der Waals surface area contributed by atoms with Crippen molar-refractivity contribution < 1.29 is 0 Å². The number of hydrogen-bond acceptors (Lipinski definition) is 0. The van der Waals surface area contributed by atoms with Crippen molar-refractivity contribution in [3.63, 3.8) is 0 Å². The third-order valence-corrected chi connectivity index (χ3v) is 16.2. The molecule has 0 fully saturated rings. The molecule has 1 aromatic heterocycles. The quantitative estimate of drug-likeness (QED) is 0.123. The first-order valence-corrected chi connectivity index (χ1v) is 23.3. The zero-order valence-corrected chi connectivity index (χ0v) is 37.7. The summed E-state index contributed by atoms with van der Waals surface area (Å²) in [4.78, 5) is 0. The summed E-state index contributed by atoms with van der Waals surface area (Å²) in [6, 6.07) is 67.5. The Morgan fingerprint density at radius 1 is 0.354 bits per heavy atom. The Morgan fingerprint density at radius 3 is 1.45 bits per heavy atom. The first-order chi connectivity index (χ1) is 31.6. The Kier molecular flexibility index (Phi) is 7.17. The molecule has 12 aromatic rings. The van der Waals surface area contributed by atoms with Crippen molar-refractivity contribution >= 4 is 64.8 Å². The Bertz CT molecular complexity index is 4060. The highest BCUT2D eigenvalue weighted by Gasteiger charge is 2.37. The second-order valence-corrected chi connectivity index (χ2v) is 20.1. The van der Waals surface area contributed by atoms with Gasteiger partial charge in [0.05, 0.1) is 11.2 Å². The van der Waals surface area contributed by atoms with E-state index in [9.17, 15) is 0 Å². The fraction of sp³-hybridized carbons (Fsp3) is 0.125. The zero-order chi connectivity index (χ0) is 43.7. The molecule has 0 N–H and O–H groups in total. The summed E-state index contributed by atoms with van der Waals surface area (Å²) in [5, 5.41) is 14.3. The smallest absolute Gasteiger partial charge is 0.0540 e. The van der Waals surface area contributed by atoms with Crippen LogP contribution in [-0.4, -0.2) is 4.57 Å². The predicted molar refractivity (Wildman–Crippen MR) is 277 cm³/mol. The lowest BCUT2D eigenvalue weighted by Crippen LogP contribution is -2.15. The van der Waals surface area contributed by atoms with Crippen LogP contribution >= 0.6 is 0 Å². The molecule has 0 bridgehead atoms. The number of rotatable bonds is 3. The van der Waals surface area contributed by atoms with Gasteiger partial charge in [0.15, 0.2) is 0 Å². The molecule has 11 aromatic carbocycles. The number of aryl methyl sites for hydroxylation is 1. The summed E-state index contributed by atoms with van der Waals surface area (Å²) < 4.78 is 2.56. The lowest BCUT2D eigenvalue weighted by Gasteiger charge is -2.24. The van der Waals surface area contributed by atoms with Crippen LogP contribution in [0.1, 0.15) is 61.2 Å². The van der Waals surface area contributed by atoms with E-state index in [1.165, 1.54) is 148 Å². The summed E-state index contributed by atoms with van der Waals surface area (Å²) in [5.41, 5.74) is 20.9. The van der Waals surface area contributed by atoms with Gasteiger partial charge < -0.3 is 4.57 Å². The van der Waals surface area contributed by atoms with E-state index in [4.69, 9.17) is 0 Å². The molecule has 0 atom stereocenters. The average molecular weight is 830 g/mol. The van der Waals surface area contributed by atoms with Crippen LogP contribution in [-0.2, 0) is 10.8 Å². The van der Waals surface area contributed by atoms with Gasteiger partial charge >= 0.3 is 0 Å². The molecule has 0 unspecified atom stereocenters. The molecule has 0 amide bonds.